The number of aromatic amines is 1. The van der Waals surface area contributed by atoms with E-state index in [0.29, 0.717) is 30.7 Å². The number of ether oxygens (including phenoxy) is 3. The van der Waals surface area contributed by atoms with Crippen LogP contribution in [-0.4, -0.2) is 86.2 Å². The van der Waals surface area contributed by atoms with Crippen LogP contribution in [0.25, 0.3) is 10.9 Å². The first kappa shape index (κ1) is 37.0. The fourth-order valence-corrected chi connectivity index (χ4v) is 15.7. The summed E-state index contributed by atoms with van der Waals surface area (Å²) in [5.74, 6) is 1.16. The molecule has 1 spiro atoms. The quantitative estimate of drug-likeness (QED) is 0.195. The maximum absolute atomic E-state index is 15.7. The Labute approximate surface area is 333 Å². The molecule has 300 valence electrons. The van der Waals surface area contributed by atoms with Crippen molar-refractivity contribution in [3.05, 3.63) is 70.9 Å². The number of methoxy groups -OCH3 is 3. The lowest BCUT2D eigenvalue weighted by molar-refractivity contribution is -0.171. The fourth-order valence-electron chi connectivity index (χ4n) is 15.7. The van der Waals surface area contributed by atoms with E-state index in [4.69, 9.17) is 14.2 Å². The van der Waals surface area contributed by atoms with Crippen molar-refractivity contribution < 1.29 is 24.1 Å². The van der Waals surface area contributed by atoms with Crippen LogP contribution >= 0.6 is 0 Å². The van der Waals surface area contributed by atoms with Gasteiger partial charge in [-0.1, -0.05) is 58.0 Å². The summed E-state index contributed by atoms with van der Waals surface area (Å²) in [6.07, 6.45) is 13.0. The molecule has 4 saturated carbocycles. The van der Waals surface area contributed by atoms with E-state index in [9.17, 15) is 5.11 Å². The predicted molar refractivity (Wildman–Crippen MR) is 220 cm³/mol. The molecule has 0 radical (unpaired) electrons. The van der Waals surface area contributed by atoms with Crippen molar-refractivity contribution in [2.24, 2.45) is 34.5 Å². The number of likely N-dealkylation sites (N-methyl/N-ethyl adjacent to an activating group) is 1. The highest BCUT2D eigenvalue weighted by Crippen LogP contribution is 2.70. The molecule has 5 unspecified atom stereocenters. The van der Waals surface area contributed by atoms with Crippen LogP contribution in [0.2, 0.25) is 0 Å². The van der Waals surface area contributed by atoms with Gasteiger partial charge in [0.05, 0.1) is 32.0 Å². The Kier molecular flexibility index (Phi) is 8.15. The van der Waals surface area contributed by atoms with Crippen LogP contribution in [0, 0.1) is 34.5 Å². The number of carbonyl (C=O) groups is 1. The second-order valence-electron chi connectivity index (χ2n) is 19.4. The second-order valence-corrected chi connectivity index (χ2v) is 19.4. The van der Waals surface area contributed by atoms with Crippen LogP contribution in [0.4, 0.5) is 5.69 Å². The fraction of sp³-hybridized carbons (Fsp3) is 0.646. The van der Waals surface area contributed by atoms with Crippen molar-refractivity contribution in [1.29, 1.82) is 0 Å². The molecule has 4 bridgehead atoms. The zero-order chi connectivity index (χ0) is 39.2. The Morgan fingerprint density at radius 1 is 1.04 bits per heavy atom. The third kappa shape index (κ3) is 4.14. The third-order valence-electron chi connectivity index (χ3n) is 18.3. The van der Waals surface area contributed by atoms with Gasteiger partial charge in [-0.05, 0) is 117 Å². The number of anilines is 1. The highest BCUT2D eigenvalue weighted by atomic mass is 16.5. The molecule has 8 heteroatoms. The van der Waals surface area contributed by atoms with Gasteiger partial charge in [-0.25, -0.2) is 0 Å². The SMILES string of the molecule is CC[C@]1(O)CC2CCC3CCc4c([nH]c5ccccc45)[C@@](C(=O)OC)(c4cc5c(cc4OC)N(C)[C@H]4[C@H](OC)[C@H](C)[C@]6(CC)C=CCN7CC[C@]54C76)C2CC31C. The van der Waals surface area contributed by atoms with Crippen LogP contribution in [0.5, 0.6) is 5.75 Å². The number of hydrogen-bond acceptors (Lipinski definition) is 7. The average molecular weight is 762 g/mol. The molecule has 2 N–H and O–H groups in total. The molecule has 3 aromatic rings. The molecule has 8 aliphatic rings. The lowest BCUT2D eigenvalue weighted by Gasteiger charge is -2.62. The summed E-state index contributed by atoms with van der Waals surface area (Å²) in [5, 5.41) is 13.9. The van der Waals surface area contributed by atoms with Crippen LogP contribution in [0.15, 0.2) is 48.6 Å². The minimum Gasteiger partial charge on any atom is -0.496 e. The molecule has 3 aliphatic heterocycles. The third-order valence-corrected chi connectivity index (χ3v) is 18.3. The minimum absolute atomic E-state index is 0.0155. The summed E-state index contributed by atoms with van der Waals surface area (Å²) in [5.41, 5.74) is 4.02. The summed E-state index contributed by atoms with van der Waals surface area (Å²) < 4.78 is 19.4. The predicted octanol–water partition coefficient (Wildman–Crippen LogP) is 7.93. The molecule has 8 nitrogen and oxygen atoms in total. The largest absolute Gasteiger partial charge is 0.496 e. The van der Waals surface area contributed by atoms with Crippen LogP contribution in [0.1, 0.15) is 101 Å². The number of carbonyl (C=O) groups excluding carboxylic acids is 1. The Bertz CT molecular complexity index is 2130. The highest BCUT2D eigenvalue weighted by Gasteiger charge is 2.73. The molecular formula is C48H63N3O5. The number of benzene rings is 2. The van der Waals surface area contributed by atoms with Gasteiger partial charge >= 0.3 is 5.97 Å². The molecule has 1 saturated heterocycles. The molecule has 2 aromatic carbocycles. The van der Waals surface area contributed by atoms with Crippen molar-refractivity contribution in [3.63, 3.8) is 0 Å². The molecular weight excluding hydrogens is 699 g/mol. The molecule has 12 atom stereocenters. The Hall–Kier alpha value is -3.33. The van der Waals surface area contributed by atoms with Gasteiger partial charge in [-0.2, -0.15) is 0 Å². The maximum Gasteiger partial charge on any atom is 0.322 e. The summed E-state index contributed by atoms with van der Waals surface area (Å²) in [6, 6.07) is 13.7. The van der Waals surface area contributed by atoms with Gasteiger partial charge in [0.15, 0.2) is 0 Å². The van der Waals surface area contributed by atoms with Gasteiger partial charge in [0, 0.05) is 71.5 Å². The van der Waals surface area contributed by atoms with E-state index in [1.165, 1.54) is 22.2 Å². The van der Waals surface area contributed by atoms with Gasteiger partial charge in [0.25, 0.3) is 0 Å². The van der Waals surface area contributed by atoms with Gasteiger partial charge < -0.3 is 29.2 Å². The Morgan fingerprint density at radius 2 is 1.84 bits per heavy atom. The average Bonchev–Trinajstić information content (AvgIpc) is 3.82. The minimum atomic E-state index is -1.20. The number of esters is 1. The number of aryl methyl sites for hydroxylation is 1. The van der Waals surface area contributed by atoms with Gasteiger partial charge in [0.2, 0.25) is 0 Å². The summed E-state index contributed by atoms with van der Waals surface area (Å²) >= 11 is 0. The first-order valence-electron chi connectivity index (χ1n) is 21.8. The number of aliphatic hydroxyl groups is 1. The van der Waals surface area contributed by atoms with Gasteiger partial charge in [0.1, 0.15) is 11.2 Å². The number of rotatable bonds is 6. The number of fused-ring (bicyclic) bond motifs is 6. The maximum atomic E-state index is 15.7. The molecule has 5 fully saturated rings. The zero-order valence-corrected chi connectivity index (χ0v) is 34.9. The number of nitrogens with one attached hydrogen (secondary N) is 1. The van der Waals surface area contributed by atoms with E-state index in [-0.39, 0.29) is 46.2 Å². The Morgan fingerprint density at radius 3 is 2.57 bits per heavy atom. The molecule has 5 aliphatic carbocycles. The number of hydrogen-bond donors (Lipinski definition) is 2. The number of aromatic nitrogens is 1. The molecule has 0 amide bonds. The van der Waals surface area contributed by atoms with E-state index in [2.05, 4.69) is 98.1 Å². The summed E-state index contributed by atoms with van der Waals surface area (Å²) in [6.45, 7) is 11.3. The monoisotopic (exact) mass is 761 g/mol. The van der Waals surface area contributed by atoms with Gasteiger partial charge in [-0.3, -0.25) is 9.69 Å². The normalized spacial score (nSPS) is 42.0. The number of H-pyrrole nitrogens is 1. The van der Waals surface area contributed by atoms with Crippen LogP contribution in [-0.2, 0) is 31.5 Å². The first-order valence-corrected chi connectivity index (χ1v) is 21.8. The molecule has 56 heavy (non-hydrogen) atoms. The van der Waals surface area contributed by atoms with Crippen LogP contribution in [0.3, 0.4) is 0 Å². The highest BCUT2D eigenvalue weighted by molar-refractivity contribution is 5.95. The topological polar surface area (TPSA) is 87.3 Å². The number of nitrogens with zero attached hydrogens (tertiary/aromatic N) is 2. The van der Waals surface area contributed by atoms with E-state index in [1.807, 2.05) is 7.11 Å². The summed E-state index contributed by atoms with van der Waals surface area (Å²) in [4.78, 5) is 25.0. The molecule has 1 aromatic heterocycles. The van der Waals surface area contributed by atoms with E-state index >= 15 is 4.79 Å². The van der Waals surface area contributed by atoms with Crippen LogP contribution < -0.4 is 9.64 Å². The van der Waals surface area contributed by atoms with E-state index in [1.54, 1.807) is 14.2 Å². The van der Waals surface area contributed by atoms with Crippen molar-refractivity contribution in [2.45, 2.75) is 120 Å². The summed E-state index contributed by atoms with van der Waals surface area (Å²) in [7, 11) is 7.52. The van der Waals surface area contributed by atoms with Gasteiger partial charge in [-0.15, -0.1) is 0 Å². The zero-order valence-electron chi connectivity index (χ0n) is 34.9. The van der Waals surface area contributed by atoms with Crippen molar-refractivity contribution >= 4 is 22.6 Å². The van der Waals surface area contributed by atoms with E-state index < -0.39 is 11.0 Å². The first-order chi connectivity index (χ1) is 26.9. The smallest absolute Gasteiger partial charge is 0.322 e. The lowest BCUT2D eigenvalue weighted by Crippen LogP contribution is -2.71. The van der Waals surface area contributed by atoms with Crippen molar-refractivity contribution in [1.82, 2.24) is 9.88 Å². The van der Waals surface area contributed by atoms with E-state index in [0.717, 1.165) is 80.6 Å². The molecule has 4 heterocycles. The molecule has 11 rings (SSSR count). The standard InChI is InChI=1S/C48H63N3O5/c1-9-45-20-13-22-51-23-21-47(42(45)51)33-24-34(38(54-6)25-37(33)50(5)41(47)39(55-7)28(45)3)48(43(52)56-8)35-27-44(4)30(17-16-29(35)26-46(44,53)10-2)18-19-32-31-14-11-12-15-36(31)49-40(32)48/h11-15,20,24-25,28-30,35,39,41-42,49,53H,9-10,16-19,21-23,26-27H2,1-8H3/t28-,29?,30?,35?,39+,41-,42?,44?,45-,46-,47-,48+/m0/s1. The van der Waals surface area contributed by atoms with Crippen molar-refractivity contribution in [3.8, 4) is 5.75 Å². The lowest BCUT2D eigenvalue weighted by atomic mass is 9.48. The number of para-hydroxylation sites is 1. The van der Waals surface area contributed by atoms with Crippen molar-refractivity contribution in [2.75, 3.05) is 46.4 Å². The Balaban J connectivity index is 1.31. The second kappa shape index (κ2) is 12.3.